The zero-order chi connectivity index (χ0) is 11.4. The van der Waals surface area contributed by atoms with E-state index in [1.54, 1.807) is 24.3 Å². The Morgan fingerprint density at radius 2 is 2.00 bits per heavy atom. The van der Waals surface area contributed by atoms with Gasteiger partial charge in [-0.15, -0.1) is 0 Å². The molecule has 0 heterocycles. The van der Waals surface area contributed by atoms with Crippen molar-refractivity contribution in [2.45, 2.75) is 0 Å². The van der Waals surface area contributed by atoms with Crippen molar-refractivity contribution in [3.63, 3.8) is 0 Å². The van der Waals surface area contributed by atoms with Gasteiger partial charge in [0.1, 0.15) is 0 Å². The number of ketones is 1. The van der Waals surface area contributed by atoms with Crippen LogP contribution in [0.25, 0.3) is 0 Å². The highest BCUT2D eigenvalue weighted by atomic mass is 127. The molecule has 0 radical (unpaired) electrons. The van der Waals surface area contributed by atoms with E-state index in [4.69, 9.17) is 22.1 Å². The second-order valence-corrected chi connectivity index (χ2v) is 4.25. The van der Waals surface area contributed by atoms with Gasteiger partial charge in [0.05, 0.1) is 17.2 Å². The van der Waals surface area contributed by atoms with Gasteiger partial charge < -0.3 is 0 Å². The lowest BCUT2D eigenvalue weighted by Crippen LogP contribution is -2.10. The molecule has 1 rings (SSSR count). The van der Waals surface area contributed by atoms with Gasteiger partial charge in [-0.1, -0.05) is 17.7 Å². The SMILES string of the molecule is N#CC(C#N)C(=O)c1ccc(I)c(Cl)c1. The molecule has 0 unspecified atom stereocenters. The minimum absolute atomic E-state index is 0.286. The predicted octanol–water partition coefficient (Wildman–Crippen LogP) is 2.79. The third kappa shape index (κ3) is 2.68. The summed E-state index contributed by atoms with van der Waals surface area (Å²) in [5, 5.41) is 17.5. The van der Waals surface area contributed by atoms with Crippen LogP contribution in [0.4, 0.5) is 0 Å². The molecule has 0 bridgehead atoms. The first-order valence-electron chi connectivity index (χ1n) is 3.88. The summed E-state index contributed by atoms with van der Waals surface area (Å²) in [5.74, 6) is -1.78. The topological polar surface area (TPSA) is 64.7 Å². The van der Waals surface area contributed by atoms with Crippen molar-refractivity contribution in [1.29, 1.82) is 10.5 Å². The summed E-state index contributed by atoms with van der Waals surface area (Å²) < 4.78 is 0.816. The molecule has 0 aromatic heterocycles. The summed E-state index contributed by atoms with van der Waals surface area (Å²) in [5.41, 5.74) is 0.286. The maximum Gasteiger partial charge on any atom is 0.195 e. The Kier molecular flexibility index (Phi) is 4.07. The zero-order valence-electron chi connectivity index (χ0n) is 7.37. The van der Waals surface area contributed by atoms with E-state index in [9.17, 15) is 4.79 Å². The zero-order valence-corrected chi connectivity index (χ0v) is 10.3. The van der Waals surface area contributed by atoms with E-state index in [1.165, 1.54) is 6.07 Å². The van der Waals surface area contributed by atoms with Crippen LogP contribution in [0.1, 0.15) is 10.4 Å². The molecule has 74 valence electrons. The molecule has 0 saturated heterocycles. The fourth-order valence-electron chi connectivity index (χ4n) is 0.962. The quantitative estimate of drug-likeness (QED) is 0.618. The van der Waals surface area contributed by atoms with Crippen LogP contribution in [0, 0.1) is 32.2 Å². The third-order valence-corrected chi connectivity index (χ3v) is 3.30. The van der Waals surface area contributed by atoms with Crippen molar-refractivity contribution in [1.82, 2.24) is 0 Å². The van der Waals surface area contributed by atoms with Crippen molar-refractivity contribution in [3.8, 4) is 12.1 Å². The van der Waals surface area contributed by atoms with Crippen molar-refractivity contribution in [3.05, 3.63) is 32.4 Å². The Labute approximate surface area is 105 Å². The minimum atomic E-state index is -1.26. The lowest BCUT2D eigenvalue weighted by Gasteiger charge is -2.02. The summed E-state index contributed by atoms with van der Waals surface area (Å²) in [6.45, 7) is 0. The van der Waals surface area contributed by atoms with Crippen molar-refractivity contribution in [2.24, 2.45) is 5.92 Å². The second kappa shape index (κ2) is 5.11. The van der Waals surface area contributed by atoms with Gasteiger partial charge in [-0.05, 0) is 34.7 Å². The molecule has 1 aromatic rings. The van der Waals surface area contributed by atoms with Crippen LogP contribution < -0.4 is 0 Å². The molecule has 0 aliphatic heterocycles. The van der Waals surface area contributed by atoms with E-state index in [-0.39, 0.29) is 5.56 Å². The summed E-state index contributed by atoms with van der Waals surface area (Å²) in [6, 6.07) is 7.94. The molecule has 0 spiro atoms. The number of carbonyl (C=O) groups is 1. The molecule has 5 heteroatoms. The molecule has 3 nitrogen and oxygen atoms in total. The Morgan fingerprint density at radius 1 is 1.40 bits per heavy atom. The largest absolute Gasteiger partial charge is 0.291 e. The highest BCUT2D eigenvalue weighted by molar-refractivity contribution is 14.1. The highest BCUT2D eigenvalue weighted by Gasteiger charge is 2.19. The highest BCUT2D eigenvalue weighted by Crippen LogP contribution is 2.21. The van der Waals surface area contributed by atoms with Crippen LogP contribution in [0.2, 0.25) is 5.02 Å². The Balaban J connectivity index is 3.09. The van der Waals surface area contributed by atoms with Gasteiger partial charge in [-0.25, -0.2) is 0 Å². The van der Waals surface area contributed by atoms with E-state index in [2.05, 4.69) is 0 Å². The smallest absolute Gasteiger partial charge is 0.195 e. The number of nitriles is 2. The van der Waals surface area contributed by atoms with Gasteiger partial charge in [0.25, 0.3) is 0 Å². The van der Waals surface area contributed by atoms with Crippen LogP contribution in [0.5, 0.6) is 0 Å². The fourth-order valence-corrected chi connectivity index (χ4v) is 1.48. The maximum atomic E-state index is 11.6. The van der Waals surface area contributed by atoms with Crippen LogP contribution in [0.15, 0.2) is 18.2 Å². The Morgan fingerprint density at radius 3 is 2.47 bits per heavy atom. The lowest BCUT2D eigenvalue weighted by molar-refractivity contribution is 0.0971. The van der Waals surface area contributed by atoms with Gasteiger partial charge in [0, 0.05) is 9.13 Å². The molecular formula is C10H4ClIN2O. The minimum Gasteiger partial charge on any atom is -0.291 e. The van der Waals surface area contributed by atoms with E-state index in [0.29, 0.717) is 5.02 Å². The van der Waals surface area contributed by atoms with E-state index >= 15 is 0 Å². The van der Waals surface area contributed by atoms with Crippen LogP contribution in [0.3, 0.4) is 0 Å². The molecule has 1 aromatic carbocycles. The number of benzene rings is 1. The van der Waals surface area contributed by atoms with Crippen molar-refractivity contribution in [2.75, 3.05) is 0 Å². The fraction of sp³-hybridized carbons (Fsp3) is 0.100. The van der Waals surface area contributed by atoms with Gasteiger partial charge in [0.2, 0.25) is 0 Å². The van der Waals surface area contributed by atoms with Crippen LogP contribution >= 0.6 is 34.2 Å². The first kappa shape index (κ1) is 12.0. The number of halogens is 2. The average molecular weight is 331 g/mol. The van der Waals surface area contributed by atoms with Gasteiger partial charge in [-0.3, -0.25) is 4.79 Å². The van der Waals surface area contributed by atoms with Crippen LogP contribution in [-0.4, -0.2) is 5.78 Å². The van der Waals surface area contributed by atoms with Crippen molar-refractivity contribution < 1.29 is 4.79 Å². The second-order valence-electron chi connectivity index (χ2n) is 2.68. The first-order chi connectivity index (χ1) is 7.10. The number of carbonyl (C=O) groups excluding carboxylic acids is 1. The van der Waals surface area contributed by atoms with Crippen molar-refractivity contribution >= 4 is 40.0 Å². The predicted molar refractivity (Wildman–Crippen MR) is 63.2 cm³/mol. The number of hydrogen-bond acceptors (Lipinski definition) is 3. The summed E-state index contributed by atoms with van der Waals surface area (Å²) in [7, 11) is 0. The molecule has 0 N–H and O–H groups in total. The molecule has 0 aliphatic rings. The van der Waals surface area contributed by atoms with Gasteiger partial charge in [-0.2, -0.15) is 10.5 Å². The van der Waals surface area contributed by atoms with Gasteiger partial charge in [0.15, 0.2) is 11.7 Å². The molecule has 0 atom stereocenters. The number of rotatable bonds is 2. The molecule has 0 aliphatic carbocycles. The van der Waals surface area contributed by atoms with E-state index in [0.717, 1.165) is 3.57 Å². The average Bonchev–Trinajstić information content (AvgIpc) is 2.23. The first-order valence-corrected chi connectivity index (χ1v) is 5.34. The summed E-state index contributed by atoms with van der Waals surface area (Å²) in [6.07, 6.45) is 0. The standard InChI is InChI=1S/C10H4ClIN2O/c11-8-3-6(1-2-9(8)12)10(15)7(4-13)5-14/h1-3,7H. The summed E-state index contributed by atoms with van der Waals surface area (Å²) >= 11 is 7.85. The molecule has 0 amide bonds. The number of hydrogen-bond donors (Lipinski definition) is 0. The van der Waals surface area contributed by atoms with Gasteiger partial charge >= 0.3 is 0 Å². The lowest BCUT2D eigenvalue weighted by atomic mass is 10.0. The van der Waals surface area contributed by atoms with Crippen LogP contribution in [-0.2, 0) is 0 Å². The normalized spacial score (nSPS) is 9.40. The van der Waals surface area contributed by atoms with E-state index < -0.39 is 11.7 Å². The Bertz CT molecular complexity index is 473. The maximum absolute atomic E-state index is 11.6. The third-order valence-electron chi connectivity index (χ3n) is 1.72. The Hall–Kier alpha value is -1.11. The molecule has 15 heavy (non-hydrogen) atoms. The molecule has 0 saturated carbocycles. The molecular weight excluding hydrogens is 326 g/mol. The monoisotopic (exact) mass is 330 g/mol. The number of nitrogens with zero attached hydrogens (tertiary/aromatic N) is 2. The number of Topliss-reactive ketones (excluding diaryl/α,β-unsaturated/α-hetero) is 1. The van der Waals surface area contributed by atoms with E-state index in [1.807, 2.05) is 22.6 Å². The molecule has 0 fully saturated rings. The summed E-state index contributed by atoms with van der Waals surface area (Å²) in [4.78, 5) is 11.6.